The molecule has 32 heavy (non-hydrogen) atoms. The van der Waals surface area contributed by atoms with Crippen LogP contribution in [0.4, 0.5) is 0 Å². The second-order valence-corrected chi connectivity index (χ2v) is 9.64. The molecule has 3 unspecified atom stereocenters. The number of amides is 2. The van der Waals surface area contributed by atoms with E-state index in [2.05, 4.69) is 24.1 Å². The second kappa shape index (κ2) is 11.7. The molecule has 178 valence electrons. The average Bonchev–Trinajstić information content (AvgIpc) is 2.76. The van der Waals surface area contributed by atoms with E-state index < -0.39 is 6.04 Å². The van der Waals surface area contributed by atoms with Crippen molar-refractivity contribution in [3.8, 4) is 5.75 Å². The summed E-state index contributed by atoms with van der Waals surface area (Å²) in [5.74, 6) is 0.993. The minimum Gasteiger partial charge on any atom is -0.484 e. The molecule has 1 aromatic carbocycles. The molecule has 0 bridgehead atoms. The number of piperidine rings is 1. The largest absolute Gasteiger partial charge is 0.484 e. The van der Waals surface area contributed by atoms with Crippen molar-refractivity contribution in [2.24, 2.45) is 11.8 Å². The molecule has 0 radical (unpaired) electrons. The van der Waals surface area contributed by atoms with Crippen LogP contribution in [-0.4, -0.2) is 79.2 Å². The monoisotopic (exact) mass is 445 g/mol. The number of likely N-dealkylation sites (tertiary alicyclic amines) is 1. The molecular weight excluding hydrogens is 406 g/mol. The first-order valence-electron chi connectivity index (χ1n) is 12.0. The quantitative estimate of drug-likeness (QED) is 0.666. The van der Waals surface area contributed by atoms with Gasteiger partial charge in [0.1, 0.15) is 11.8 Å². The Morgan fingerprint density at radius 2 is 1.72 bits per heavy atom. The average molecular weight is 446 g/mol. The molecule has 3 rings (SSSR count). The zero-order chi connectivity index (χ0) is 23.1. The van der Waals surface area contributed by atoms with Gasteiger partial charge in [-0.1, -0.05) is 32.0 Å². The van der Waals surface area contributed by atoms with Gasteiger partial charge in [0.25, 0.3) is 5.91 Å². The third-order valence-electron chi connectivity index (χ3n) is 6.30. The number of hydrogen-bond acceptors (Lipinski definition) is 5. The fraction of sp³-hybridized carbons (Fsp3) is 0.680. The number of morpholine rings is 1. The highest BCUT2D eigenvalue weighted by atomic mass is 16.5. The fourth-order valence-corrected chi connectivity index (χ4v) is 4.73. The lowest BCUT2D eigenvalue weighted by Gasteiger charge is -2.40. The van der Waals surface area contributed by atoms with E-state index in [4.69, 9.17) is 9.47 Å². The van der Waals surface area contributed by atoms with E-state index in [-0.39, 0.29) is 36.5 Å². The van der Waals surface area contributed by atoms with Crippen LogP contribution in [-0.2, 0) is 14.3 Å². The molecule has 2 aliphatic rings. The Morgan fingerprint density at radius 1 is 1.09 bits per heavy atom. The Hall–Kier alpha value is -2.12. The molecule has 1 aromatic rings. The molecule has 7 nitrogen and oxygen atoms in total. The van der Waals surface area contributed by atoms with Gasteiger partial charge in [-0.3, -0.25) is 14.5 Å². The third kappa shape index (κ3) is 7.20. The fourth-order valence-electron chi connectivity index (χ4n) is 4.73. The van der Waals surface area contributed by atoms with Crippen molar-refractivity contribution < 1.29 is 19.1 Å². The van der Waals surface area contributed by atoms with E-state index in [1.54, 1.807) is 12.1 Å². The van der Waals surface area contributed by atoms with Crippen LogP contribution in [0.3, 0.4) is 0 Å². The molecule has 2 aliphatic heterocycles. The van der Waals surface area contributed by atoms with Crippen molar-refractivity contribution in [1.82, 2.24) is 15.1 Å². The number of nitrogens with zero attached hydrogens (tertiary/aromatic N) is 2. The van der Waals surface area contributed by atoms with Gasteiger partial charge in [0.15, 0.2) is 6.61 Å². The van der Waals surface area contributed by atoms with Gasteiger partial charge in [-0.15, -0.1) is 0 Å². The van der Waals surface area contributed by atoms with E-state index in [0.29, 0.717) is 11.7 Å². The summed E-state index contributed by atoms with van der Waals surface area (Å²) in [5.41, 5.74) is 0. The molecule has 3 atom stereocenters. The summed E-state index contributed by atoms with van der Waals surface area (Å²) in [4.78, 5) is 30.0. The maximum Gasteiger partial charge on any atom is 0.258 e. The zero-order valence-electron chi connectivity index (χ0n) is 20.0. The lowest BCUT2D eigenvalue weighted by Crippen LogP contribution is -2.54. The Kier molecular flexibility index (Phi) is 8.93. The SMILES string of the molecule is CC1CN(CC2CCN(C(=O)C(NC(=O)COc3ccccc3)C(C)C)CC2)CC(C)O1. The molecule has 2 saturated heterocycles. The maximum atomic E-state index is 13.2. The molecule has 0 saturated carbocycles. The molecule has 2 heterocycles. The number of ether oxygens (including phenoxy) is 2. The number of nitrogens with one attached hydrogen (secondary N) is 1. The molecule has 0 spiro atoms. The van der Waals surface area contributed by atoms with Crippen molar-refractivity contribution in [3.63, 3.8) is 0 Å². The van der Waals surface area contributed by atoms with Gasteiger partial charge >= 0.3 is 0 Å². The van der Waals surface area contributed by atoms with Crippen LogP contribution in [0.2, 0.25) is 0 Å². The molecule has 0 aromatic heterocycles. The Bertz CT molecular complexity index is 724. The summed E-state index contributed by atoms with van der Waals surface area (Å²) >= 11 is 0. The minimum atomic E-state index is -0.528. The molecule has 1 N–H and O–H groups in total. The highest BCUT2D eigenvalue weighted by Crippen LogP contribution is 2.22. The van der Waals surface area contributed by atoms with E-state index in [0.717, 1.165) is 45.6 Å². The van der Waals surface area contributed by atoms with Crippen LogP contribution < -0.4 is 10.1 Å². The lowest BCUT2D eigenvalue weighted by atomic mass is 9.94. The van der Waals surface area contributed by atoms with Crippen molar-refractivity contribution in [2.75, 3.05) is 39.3 Å². The summed E-state index contributed by atoms with van der Waals surface area (Å²) < 4.78 is 11.4. The van der Waals surface area contributed by atoms with Gasteiger partial charge in [0, 0.05) is 32.7 Å². The Morgan fingerprint density at radius 3 is 2.31 bits per heavy atom. The van der Waals surface area contributed by atoms with Crippen LogP contribution in [0, 0.1) is 11.8 Å². The third-order valence-corrected chi connectivity index (χ3v) is 6.30. The van der Waals surface area contributed by atoms with Crippen molar-refractivity contribution in [2.45, 2.75) is 58.8 Å². The van der Waals surface area contributed by atoms with Crippen LogP contribution >= 0.6 is 0 Å². The van der Waals surface area contributed by atoms with E-state index in [9.17, 15) is 9.59 Å². The summed E-state index contributed by atoms with van der Waals surface area (Å²) in [5, 5.41) is 2.89. The maximum absolute atomic E-state index is 13.2. The number of carbonyl (C=O) groups excluding carboxylic acids is 2. The van der Waals surface area contributed by atoms with Gasteiger partial charge in [-0.05, 0) is 50.7 Å². The summed E-state index contributed by atoms with van der Waals surface area (Å²) in [6, 6.07) is 8.70. The Labute approximate surface area is 192 Å². The topological polar surface area (TPSA) is 71.1 Å². The number of carbonyl (C=O) groups is 2. The van der Waals surface area contributed by atoms with Crippen molar-refractivity contribution >= 4 is 11.8 Å². The molecule has 2 fully saturated rings. The zero-order valence-corrected chi connectivity index (χ0v) is 20.0. The number of rotatable bonds is 8. The highest BCUT2D eigenvalue weighted by molar-refractivity contribution is 5.88. The van der Waals surface area contributed by atoms with Crippen LogP contribution in [0.1, 0.15) is 40.5 Å². The van der Waals surface area contributed by atoms with Gasteiger partial charge < -0.3 is 19.7 Å². The van der Waals surface area contributed by atoms with Crippen LogP contribution in [0.15, 0.2) is 30.3 Å². The smallest absolute Gasteiger partial charge is 0.258 e. The second-order valence-electron chi connectivity index (χ2n) is 9.64. The predicted molar refractivity (Wildman–Crippen MR) is 124 cm³/mol. The van der Waals surface area contributed by atoms with Crippen molar-refractivity contribution in [1.29, 1.82) is 0 Å². The number of para-hydroxylation sites is 1. The normalized spacial score (nSPS) is 23.7. The summed E-state index contributed by atoms with van der Waals surface area (Å²) in [6.45, 7) is 12.6. The standard InChI is InChI=1S/C25H39N3O4/c1-18(2)24(26-23(29)17-31-22-8-6-5-7-9-22)25(30)28-12-10-21(11-13-28)16-27-14-19(3)32-20(4)15-27/h5-9,18-21,24H,10-17H2,1-4H3,(H,26,29). The molecule has 0 aliphatic carbocycles. The predicted octanol–water partition coefficient (Wildman–Crippen LogP) is 2.55. The number of hydrogen-bond donors (Lipinski definition) is 1. The molecular formula is C25H39N3O4. The van der Waals surface area contributed by atoms with Crippen LogP contribution in [0.25, 0.3) is 0 Å². The first-order chi connectivity index (χ1) is 15.3. The van der Waals surface area contributed by atoms with Gasteiger partial charge in [-0.2, -0.15) is 0 Å². The summed E-state index contributed by atoms with van der Waals surface area (Å²) in [6.07, 6.45) is 2.56. The van der Waals surface area contributed by atoms with Crippen LogP contribution in [0.5, 0.6) is 5.75 Å². The number of benzene rings is 1. The first kappa shape index (κ1) is 24.5. The highest BCUT2D eigenvalue weighted by Gasteiger charge is 2.32. The van der Waals surface area contributed by atoms with Crippen molar-refractivity contribution in [3.05, 3.63) is 30.3 Å². The van der Waals surface area contributed by atoms with E-state index in [1.807, 2.05) is 36.9 Å². The van der Waals surface area contributed by atoms with Gasteiger partial charge in [0.05, 0.1) is 12.2 Å². The lowest BCUT2D eigenvalue weighted by molar-refractivity contribution is -0.139. The van der Waals surface area contributed by atoms with Gasteiger partial charge in [0.2, 0.25) is 5.91 Å². The molecule has 2 amide bonds. The molecule has 7 heteroatoms. The van der Waals surface area contributed by atoms with Gasteiger partial charge in [-0.25, -0.2) is 0 Å². The minimum absolute atomic E-state index is 0.0113. The first-order valence-corrected chi connectivity index (χ1v) is 12.0. The van der Waals surface area contributed by atoms with E-state index in [1.165, 1.54) is 0 Å². The Balaban J connectivity index is 1.45. The summed E-state index contributed by atoms with van der Waals surface area (Å²) in [7, 11) is 0. The van der Waals surface area contributed by atoms with E-state index >= 15 is 0 Å².